The van der Waals surface area contributed by atoms with Crippen molar-refractivity contribution in [3.8, 4) is 11.5 Å². The van der Waals surface area contributed by atoms with Crippen LogP contribution in [0.25, 0.3) is 0 Å². The Balaban J connectivity index is 1.35. The molecule has 4 rings (SSSR count). The molecular weight excluding hydrogens is 364 g/mol. The average Bonchev–Trinajstić information content (AvgIpc) is 2.94. The van der Waals surface area contributed by atoms with Gasteiger partial charge in [-0.2, -0.15) is 0 Å². The Kier molecular flexibility index (Phi) is 5.72. The number of para-hydroxylation sites is 1. The smallest absolute Gasteiger partial charge is 0.161 e. The lowest BCUT2D eigenvalue weighted by Gasteiger charge is -2.37. The van der Waals surface area contributed by atoms with Gasteiger partial charge in [0.1, 0.15) is 0 Å². The molecule has 144 valence electrons. The predicted molar refractivity (Wildman–Crippen MR) is 107 cm³/mol. The zero-order chi connectivity index (χ0) is 18.6. The summed E-state index contributed by atoms with van der Waals surface area (Å²) in [6, 6.07) is 13.7. The van der Waals surface area contributed by atoms with Crippen molar-refractivity contribution in [2.24, 2.45) is 0 Å². The number of rotatable bonds is 4. The minimum atomic E-state index is -0.547. The number of benzene rings is 2. The molecule has 1 saturated heterocycles. The minimum Gasteiger partial charge on any atom is -0.490 e. The fraction of sp³-hybridized carbons (Fsp3) is 0.429. The number of ether oxygens (including phenoxy) is 2. The Morgan fingerprint density at radius 3 is 2.48 bits per heavy atom. The lowest BCUT2D eigenvalue weighted by Crippen LogP contribution is -2.47. The maximum Gasteiger partial charge on any atom is 0.161 e. The molecule has 6 heteroatoms. The fourth-order valence-electron chi connectivity index (χ4n) is 3.62. The second-order valence-electron chi connectivity index (χ2n) is 7.01. The van der Waals surface area contributed by atoms with E-state index in [9.17, 15) is 5.11 Å². The topological polar surface area (TPSA) is 45.2 Å². The van der Waals surface area contributed by atoms with Gasteiger partial charge in [0, 0.05) is 39.1 Å². The third kappa shape index (κ3) is 4.32. The molecule has 5 nitrogen and oxygen atoms in total. The molecule has 0 saturated carbocycles. The fourth-order valence-corrected chi connectivity index (χ4v) is 3.87. The number of piperazine rings is 1. The van der Waals surface area contributed by atoms with E-state index in [-0.39, 0.29) is 0 Å². The molecule has 0 spiro atoms. The quantitative estimate of drug-likeness (QED) is 0.870. The van der Waals surface area contributed by atoms with E-state index in [4.69, 9.17) is 21.1 Å². The van der Waals surface area contributed by atoms with Crippen LogP contribution in [0.4, 0.5) is 5.69 Å². The number of aliphatic hydroxyl groups excluding tert-OH is 1. The average molecular weight is 389 g/mol. The molecule has 0 unspecified atom stereocenters. The van der Waals surface area contributed by atoms with E-state index >= 15 is 0 Å². The largest absolute Gasteiger partial charge is 0.490 e. The summed E-state index contributed by atoms with van der Waals surface area (Å²) < 4.78 is 11.4. The van der Waals surface area contributed by atoms with Gasteiger partial charge < -0.3 is 19.5 Å². The lowest BCUT2D eigenvalue weighted by molar-refractivity contribution is 0.109. The van der Waals surface area contributed by atoms with Gasteiger partial charge in [-0.05, 0) is 29.8 Å². The second kappa shape index (κ2) is 8.38. The minimum absolute atomic E-state index is 0.547. The third-order valence-corrected chi connectivity index (χ3v) is 5.47. The van der Waals surface area contributed by atoms with Crippen LogP contribution in [0, 0.1) is 0 Å². The summed E-state index contributed by atoms with van der Waals surface area (Å²) in [5.41, 5.74) is 1.95. The zero-order valence-corrected chi connectivity index (χ0v) is 16.1. The van der Waals surface area contributed by atoms with Gasteiger partial charge in [-0.1, -0.05) is 29.8 Å². The first-order valence-electron chi connectivity index (χ1n) is 9.50. The maximum absolute atomic E-state index is 10.7. The van der Waals surface area contributed by atoms with Crippen LogP contribution in [0.2, 0.25) is 5.02 Å². The van der Waals surface area contributed by atoms with Gasteiger partial charge in [-0.25, -0.2) is 0 Å². The molecule has 27 heavy (non-hydrogen) atoms. The van der Waals surface area contributed by atoms with E-state index in [1.54, 1.807) is 0 Å². The van der Waals surface area contributed by atoms with Crippen LogP contribution in [0.15, 0.2) is 42.5 Å². The van der Waals surface area contributed by atoms with Crippen molar-refractivity contribution in [1.82, 2.24) is 4.90 Å². The first-order chi connectivity index (χ1) is 13.2. The van der Waals surface area contributed by atoms with Crippen LogP contribution in [0.3, 0.4) is 0 Å². The molecule has 2 heterocycles. The Morgan fingerprint density at radius 2 is 1.70 bits per heavy atom. The van der Waals surface area contributed by atoms with Crippen LogP contribution in [-0.4, -0.2) is 55.9 Å². The van der Waals surface area contributed by atoms with Crippen LogP contribution in [0.5, 0.6) is 11.5 Å². The SMILES string of the molecule is O[C@H](CN1CCN(c2ccccc2Cl)CC1)c1ccc2c(c1)OCCCO2. The van der Waals surface area contributed by atoms with Gasteiger partial charge in [0.05, 0.1) is 30.0 Å². The summed E-state index contributed by atoms with van der Waals surface area (Å²) in [5, 5.41) is 11.5. The molecule has 1 atom stereocenters. The van der Waals surface area contributed by atoms with E-state index in [2.05, 4.69) is 15.9 Å². The Morgan fingerprint density at radius 1 is 0.963 bits per heavy atom. The third-order valence-electron chi connectivity index (χ3n) is 5.15. The molecule has 0 amide bonds. The van der Waals surface area contributed by atoms with Crippen LogP contribution in [-0.2, 0) is 0 Å². The predicted octanol–water partition coefficient (Wildman–Crippen LogP) is 3.36. The number of halogens is 1. The summed E-state index contributed by atoms with van der Waals surface area (Å²) in [6.07, 6.45) is 0.330. The standard InChI is InChI=1S/C21H25ClN2O3/c22-17-4-1-2-5-18(17)24-10-8-23(9-11-24)15-19(25)16-6-7-20-21(14-16)27-13-3-12-26-20/h1-2,4-7,14,19,25H,3,8-13,15H2/t19-/m1/s1. The van der Waals surface area contributed by atoms with E-state index in [1.807, 2.05) is 36.4 Å². The van der Waals surface area contributed by atoms with Crippen molar-refractivity contribution in [3.05, 3.63) is 53.1 Å². The molecule has 0 radical (unpaired) electrons. The number of anilines is 1. The summed E-state index contributed by atoms with van der Waals surface area (Å²) in [6.45, 7) is 5.52. The second-order valence-corrected chi connectivity index (χ2v) is 7.42. The Labute approximate surface area is 165 Å². The molecule has 2 aromatic carbocycles. The number of hydrogen-bond donors (Lipinski definition) is 1. The molecule has 2 aliphatic heterocycles. The number of fused-ring (bicyclic) bond motifs is 1. The highest BCUT2D eigenvalue weighted by Gasteiger charge is 2.22. The van der Waals surface area contributed by atoms with E-state index in [0.29, 0.717) is 19.8 Å². The molecular formula is C21H25ClN2O3. The van der Waals surface area contributed by atoms with Crippen LogP contribution in [0.1, 0.15) is 18.1 Å². The first kappa shape index (κ1) is 18.4. The molecule has 0 bridgehead atoms. The van der Waals surface area contributed by atoms with Crippen LogP contribution >= 0.6 is 11.6 Å². The molecule has 2 aliphatic rings. The van der Waals surface area contributed by atoms with Gasteiger partial charge in [-0.15, -0.1) is 0 Å². The van der Waals surface area contributed by atoms with Gasteiger partial charge in [0.2, 0.25) is 0 Å². The van der Waals surface area contributed by atoms with E-state index < -0.39 is 6.10 Å². The highest BCUT2D eigenvalue weighted by atomic mass is 35.5. The van der Waals surface area contributed by atoms with Crippen LogP contribution < -0.4 is 14.4 Å². The van der Waals surface area contributed by atoms with Gasteiger partial charge in [0.25, 0.3) is 0 Å². The molecule has 2 aromatic rings. The summed E-state index contributed by atoms with van der Waals surface area (Å²) in [5.74, 6) is 1.49. The van der Waals surface area contributed by atoms with E-state index in [0.717, 1.165) is 60.4 Å². The molecule has 0 aromatic heterocycles. The Hall–Kier alpha value is -1.95. The number of nitrogens with zero attached hydrogens (tertiary/aromatic N) is 2. The molecule has 1 N–H and O–H groups in total. The molecule has 1 fully saturated rings. The Bertz CT molecular complexity index is 778. The number of aliphatic hydroxyl groups is 1. The van der Waals surface area contributed by atoms with E-state index in [1.165, 1.54) is 0 Å². The van der Waals surface area contributed by atoms with Gasteiger partial charge in [0.15, 0.2) is 11.5 Å². The summed E-state index contributed by atoms with van der Waals surface area (Å²) in [4.78, 5) is 4.60. The van der Waals surface area contributed by atoms with Gasteiger partial charge >= 0.3 is 0 Å². The maximum atomic E-state index is 10.7. The lowest BCUT2D eigenvalue weighted by atomic mass is 10.1. The first-order valence-corrected chi connectivity index (χ1v) is 9.88. The molecule has 0 aliphatic carbocycles. The van der Waals surface area contributed by atoms with Crippen molar-refractivity contribution in [1.29, 1.82) is 0 Å². The number of hydrogen-bond acceptors (Lipinski definition) is 5. The highest BCUT2D eigenvalue weighted by Crippen LogP contribution is 2.33. The zero-order valence-electron chi connectivity index (χ0n) is 15.3. The van der Waals surface area contributed by atoms with Crippen molar-refractivity contribution in [2.75, 3.05) is 50.8 Å². The summed E-state index contributed by atoms with van der Waals surface area (Å²) >= 11 is 6.31. The summed E-state index contributed by atoms with van der Waals surface area (Å²) in [7, 11) is 0. The van der Waals surface area contributed by atoms with Crippen molar-refractivity contribution >= 4 is 17.3 Å². The van der Waals surface area contributed by atoms with Crippen molar-refractivity contribution < 1.29 is 14.6 Å². The highest BCUT2D eigenvalue weighted by molar-refractivity contribution is 6.33. The normalized spacial score (nSPS) is 18.8. The van der Waals surface area contributed by atoms with Crippen molar-refractivity contribution in [3.63, 3.8) is 0 Å². The van der Waals surface area contributed by atoms with Crippen molar-refractivity contribution in [2.45, 2.75) is 12.5 Å². The van der Waals surface area contributed by atoms with Gasteiger partial charge in [-0.3, -0.25) is 4.90 Å². The number of β-amino-alcohol motifs (C(OH)–C–C–N with tert-alkyl or cyclic N) is 1. The monoisotopic (exact) mass is 388 g/mol.